The number of nitrogens with one attached hydrogen (secondary N) is 1. The average Bonchev–Trinajstić information content (AvgIpc) is 2.95. The van der Waals surface area contributed by atoms with Gasteiger partial charge < -0.3 is 15.3 Å². The number of aromatic nitrogens is 1. The van der Waals surface area contributed by atoms with Gasteiger partial charge in [0.25, 0.3) is 0 Å². The van der Waals surface area contributed by atoms with Gasteiger partial charge in [-0.1, -0.05) is 26.8 Å². The van der Waals surface area contributed by atoms with Gasteiger partial charge in [-0.3, -0.25) is 9.78 Å². The Hall–Kier alpha value is -2.14. The summed E-state index contributed by atoms with van der Waals surface area (Å²) in [6, 6.07) is 8.34. The standard InChI is InChI=1S/C20H27N3O2/c1-12(2)19(24)20(25)22-16-11-23(10-14(16)4)17-8-7-13(3)18-15(17)6-5-9-21-18/h5-9,12,14,16,19,24H,10-11H2,1-4H3,(H,22,25)/t14?,16-,19-/m0/s1. The number of carbonyl (C=O) groups excluding carboxylic acids is 1. The number of aryl methyl sites for hydroxylation is 1. The highest BCUT2D eigenvalue weighted by molar-refractivity contribution is 5.94. The van der Waals surface area contributed by atoms with Gasteiger partial charge in [0.15, 0.2) is 0 Å². The van der Waals surface area contributed by atoms with Crippen molar-refractivity contribution in [3.8, 4) is 0 Å². The number of hydrogen-bond donors (Lipinski definition) is 2. The second kappa shape index (κ2) is 7.00. The summed E-state index contributed by atoms with van der Waals surface area (Å²) in [6.07, 6.45) is 0.868. The molecule has 25 heavy (non-hydrogen) atoms. The molecular weight excluding hydrogens is 314 g/mol. The first-order valence-electron chi connectivity index (χ1n) is 8.96. The molecule has 1 aromatic carbocycles. The third-order valence-corrected chi connectivity index (χ3v) is 5.13. The predicted octanol–water partition coefficient (Wildman–Crippen LogP) is 2.50. The van der Waals surface area contributed by atoms with Crippen molar-refractivity contribution in [2.45, 2.75) is 39.8 Å². The van der Waals surface area contributed by atoms with E-state index in [2.05, 4.69) is 47.2 Å². The van der Waals surface area contributed by atoms with Crippen molar-refractivity contribution in [2.24, 2.45) is 11.8 Å². The number of rotatable bonds is 4. The lowest BCUT2D eigenvalue weighted by molar-refractivity contribution is -0.132. The van der Waals surface area contributed by atoms with Crippen molar-refractivity contribution in [1.82, 2.24) is 10.3 Å². The zero-order valence-electron chi connectivity index (χ0n) is 15.4. The van der Waals surface area contributed by atoms with Gasteiger partial charge in [0, 0.05) is 30.4 Å². The minimum atomic E-state index is -0.953. The van der Waals surface area contributed by atoms with Gasteiger partial charge in [0.1, 0.15) is 6.10 Å². The molecule has 1 amide bonds. The maximum atomic E-state index is 12.2. The fraction of sp³-hybridized carbons (Fsp3) is 0.500. The van der Waals surface area contributed by atoms with Crippen molar-refractivity contribution in [1.29, 1.82) is 0 Å². The summed E-state index contributed by atoms with van der Waals surface area (Å²) >= 11 is 0. The smallest absolute Gasteiger partial charge is 0.249 e. The maximum absolute atomic E-state index is 12.2. The molecule has 1 aliphatic rings. The molecule has 1 unspecified atom stereocenters. The second-order valence-electron chi connectivity index (χ2n) is 7.49. The molecule has 1 fully saturated rings. The van der Waals surface area contributed by atoms with Crippen LogP contribution < -0.4 is 10.2 Å². The number of pyridine rings is 1. The number of amides is 1. The van der Waals surface area contributed by atoms with Crippen molar-refractivity contribution in [3.63, 3.8) is 0 Å². The van der Waals surface area contributed by atoms with E-state index in [1.165, 1.54) is 0 Å². The number of anilines is 1. The van der Waals surface area contributed by atoms with E-state index in [1.807, 2.05) is 26.1 Å². The van der Waals surface area contributed by atoms with Crippen LogP contribution in [-0.4, -0.2) is 41.2 Å². The molecule has 1 aromatic heterocycles. The Balaban J connectivity index is 1.80. The molecule has 2 aromatic rings. The molecule has 5 nitrogen and oxygen atoms in total. The van der Waals surface area contributed by atoms with Crippen LogP contribution in [0, 0.1) is 18.8 Å². The lowest BCUT2D eigenvalue weighted by Gasteiger charge is -2.22. The summed E-state index contributed by atoms with van der Waals surface area (Å²) in [5, 5.41) is 14.1. The van der Waals surface area contributed by atoms with E-state index in [9.17, 15) is 9.90 Å². The Bertz CT molecular complexity index is 775. The summed E-state index contributed by atoms with van der Waals surface area (Å²) in [5.41, 5.74) is 3.34. The van der Waals surface area contributed by atoms with E-state index >= 15 is 0 Å². The van der Waals surface area contributed by atoms with Gasteiger partial charge in [-0.15, -0.1) is 0 Å². The van der Waals surface area contributed by atoms with E-state index < -0.39 is 6.10 Å². The normalized spacial score (nSPS) is 21.8. The SMILES string of the molecule is Cc1ccc(N2CC(C)[C@@H](NC(=O)[C@@H](O)C(C)C)C2)c2cccnc12. The second-order valence-corrected chi connectivity index (χ2v) is 7.49. The number of hydrogen-bond acceptors (Lipinski definition) is 4. The first kappa shape index (κ1) is 17.7. The van der Waals surface area contributed by atoms with E-state index in [0.29, 0.717) is 5.92 Å². The molecule has 2 heterocycles. The molecule has 3 rings (SSSR count). The maximum Gasteiger partial charge on any atom is 0.249 e. The molecule has 0 saturated carbocycles. The van der Waals surface area contributed by atoms with Crippen molar-refractivity contribution in [3.05, 3.63) is 36.0 Å². The molecule has 2 N–H and O–H groups in total. The van der Waals surface area contributed by atoms with Crippen LogP contribution in [0.2, 0.25) is 0 Å². The molecule has 3 atom stereocenters. The number of carbonyl (C=O) groups is 1. The first-order chi connectivity index (χ1) is 11.9. The van der Waals surface area contributed by atoms with Crippen molar-refractivity contribution in [2.75, 3.05) is 18.0 Å². The van der Waals surface area contributed by atoms with Crippen LogP contribution >= 0.6 is 0 Å². The van der Waals surface area contributed by atoms with E-state index in [4.69, 9.17) is 0 Å². The predicted molar refractivity (Wildman–Crippen MR) is 101 cm³/mol. The van der Waals surface area contributed by atoms with Crippen molar-refractivity contribution >= 4 is 22.5 Å². The Morgan fingerprint density at radius 1 is 1.32 bits per heavy atom. The topological polar surface area (TPSA) is 65.5 Å². The summed E-state index contributed by atoms with van der Waals surface area (Å²) in [6.45, 7) is 9.52. The number of aliphatic hydroxyl groups excluding tert-OH is 1. The van der Waals surface area contributed by atoms with Gasteiger partial charge in [0.05, 0.1) is 11.6 Å². The Kier molecular flexibility index (Phi) is 4.95. The quantitative estimate of drug-likeness (QED) is 0.897. The molecule has 0 spiro atoms. The zero-order chi connectivity index (χ0) is 18.1. The van der Waals surface area contributed by atoms with Crippen LogP contribution in [-0.2, 0) is 4.79 Å². The highest BCUT2D eigenvalue weighted by Crippen LogP contribution is 2.31. The van der Waals surface area contributed by atoms with Crippen LogP contribution in [0.4, 0.5) is 5.69 Å². The van der Waals surface area contributed by atoms with Crippen LogP contribution in [0.3, 0.4) is 0 Å². The minimum absolute atomic E-state index is 0.0360. The third kappa shape index (κ3) is 3.47. The molecule has 1 saturated heterocycles. The lowest BCUT2D eigenvalue weighted by atomic mass is 10.0. The van der Waals surface area contributed by atoms with E-state index in [0.717, 1.165) is 35.2 Å². The van der Waals surface area contributed by atoms with E-state index in [1.54, 1.807) is 0 Å². The molecule has 0 bridgehead atoms. The van der Waals surface area contributed by atoms with Gasteiger partial charge in [-0.25, -0.2) is 0 Å². The fourth-order valence-electron chi connectivity index (χ4n) is 3.50. The average molecular weight is 341 g/mol. The number of nitrogens with zero attached hydrogens (tertiary/aromatic N) is 2. The van der Waals surface area contributed by atoms with Crippen LogP contribution in [0.15, 0.2) is 30.5 Å². The van der Waals surface area contributed by atoms with Crippen LogP contribution in [0.5, 0.6) is 0 Å². The zero-order valence-corrected chi connectivity index (χ0v) is 15.4. The fourth-order valence-corrected chi connectivity index (χ4v) is 3.50. The number of aliphatic hydroxyl groups is 1. The molecule has 5 heteroatoms. The summed E-state index contributed by atoms with van der Waals surface area (Å²) in [5.74, 6) is -0.0413. The van der Waals surface area contributed by atoms with Gasteiger partial charge in [0.2, 0.25) is 5.91 Å². The van der Waals surface area contributed by atoms with Crippen molar-refractivity contribution < 1.29 is 9.90 Å². The summed E-state index contributed by atoms with van der Waals surface area (Å²) < 4.78 is 0. The Labute approximate surface area is 149 Å². The van der Waals surface area contributed by atoms with Gasteiger partial charge >= 0.3 is 0 Å². The Morgan fingerprint density at radius 3 is 2.80 bits per heavy atom. The molecule has 0 aliphatic carbocycles. The minimum Gasteiger partial charge on any atom is -0.383 e. The molecule has 0 radical (unpaired) electrons. The van der Waals surface area contributed by atoms with E-state index in [-0.39, 0.29) is 17.9 Å². The van der Waals surface area contributed by atoms with Crippen LogP contribution in [0.1, 0.15) is 26.3 Å². The largest absolute Gasteiger partial charge is 0.383 e. The number of fused-ring (bicyclic) bond motifs is 1. The Morgan fingerprint density at radius 2 is 2.08 bits per heavy atom. The van der Waals surface area contributed by atoms with Gasteiger partial charge in [-0.05, 0) is 42.5 Å². The van der Waals surface area contributed by atoms with Crippen LogP contribution in [0.25, 0.3) is 10.9 Å². The molecule has 1 aliphatic heterocycles. The monoisotopic (exact) mass is 341 g/mol. The van der Waals surface area contributed by atoms with Gasteiger partial charge in [-0.2, -0.15) is 0 Å². The summed E-state index contributed by atoms with van der Waals surface area (Å²) in [4.78, 5) is 19.0. The molecular formula is C20H27N3O2. The molecule has 134 valence electrons. The first-order valence-corrected chi connectivity index (χ1v) is 8.96. The summed E-state index contributed by atoms with van der Waals surface area (Å²) in [7, 11) is 0. The highest BCUT2D eigenvalue weighted by Gasteiger charge is 2.33. The third-order valence-electron chi connectivity index (χ3n) is 5.13. The number of benzene rings is 1. The lowest BCUT2D eigenvalue weighted by Crippen LogP contribution is -2.46. The highest BCUT2D eigenvalue weighted by atomic mass is 16.3.